The predicted octanol–water partition coefficient (Wildman–Crippen LogP) is 0.859. The largest absolute Gasteiger partial charge is 0.366 e. The van der Waals surface area contributed by atoms with Crippen molar-refractivity contribution in [3.63, 3.8) is 0 Å². The summed E-state index contributed by atoms with van der Waals surface area (Å²) in [5.74, 6) is 0.332. The normalized spacial score (nSPS) is 16.6. The average molecular weight is 239 g/mol. The summed E-state index contributed by atoms with van der Waals surface area (Å²) >= 11 is 0. The molecule has 0 saturated carbocycles. The Kier molecular flexibility index (Phi) is 2.93. The summed E-state index contributed by atoms with van der Waals surface area (Å²) in [5.41, 5.74) is 0. The van der Waals surface area contributed by atoms with Crippen molar-refractivity contribution in [2.45, 2.75) is 23.8 Å². The molecule has 1 aliphatic carbocycles. The zero-order valence-corrected chi connectivity index (χ0v) is 9.44. The SMILES string of the molecule is NS(=O)(=O)c1cccnc1NC1CC=CC1. The number of nitrogens with zero attached hydrogens (tertiary/aromatic N) is 1. The average Bonchev–Trinajstić information content (AvgIpc) is 2.70. The van der Waals surface area contributed by atoms with E-state index in [1.807, 2.05) is 0 Å². The van der Waals surface area contributed by atoms with Crippen LogP contribution in [0.4, 0.5) is 5.82 Å². The van der Waals surface area contributed by atoms with E-state index in [9.17, 15) is 8.42 Å². The third-order valence-electron chi connectivity index (χ3n) is 2.43. The van der Waals surface area contributed by atoms with Gasteiger partial charge < -0.3 is 5.32 Å². The van der Waals surface area contributed by atoms with Gasteiger partial charge in [-0.25, -0.2) is 18.5 Å². The third-order valence-corrected chi connectivity index (χ3v) is 3.37. The lowest BCUT2D eigenvalue weighted by atomic mass is 10.2. The van der Waals surface area contributed by atoms with Crippen LogP contribution in [0.15, 0.2) is 35.4 Å². The monoisotopic (exact) mass is 239 g/mol. The van der Waals surface area contributed by atoms with Crippen molar-refractivity contribution in [2.75, 3.05) is 5.32 Å². The zero-order valence-electron chi connectivity index (χ0n) is 8.63. The Bertz CT molecular complexity index is 503. The maximum Gasteiger partial charge on any atom is 0.241 e. The van der Waals surface area contributed by atoms with Gasteiger partial charge in [0.1, 0.15) is 10.7 Å². The molecule has 2 rings (SSSR count). The molecule has 0 aliphatic heterocycles. The van der Waals surface area contributed by atoms with Gasteiger partial charge in [-0.2, -0.15) is 0 Å². The number of hydrogen-bond donors (Lipinski definition) is 2. The van der Waals surface area contributed by atoms with Crippen molar-refractivity contribution in [3.05, 3.63) is 30.5 Å². The van der Waals surface area contributed by atoms with Crippen LogP contribution in [0.5, 0.6) is 0 Å². The number of nitrogens with one attached hydrogen (secondary N) is 1. The first-order chi connectivity index (χ1) is 7.57. The van der Waals surface area contributed by atoms with Gasteiger partial charge in [0.2, 0.25) is 10.0 Å². The van der Waals surface area contributed by atoms with E-state index in [4.69, 9.17) is 5.14 Å². The lowest BCUT2D eigenvalue weighted by molar-refractivity contribution is 0.597. The van der Waals surface area contributed by atoms with Gasteiger partial charge in [-0.15, -0.1) is 0 Å². The van der Waals surface area contributed by atoms with Gasteiger partial charge in [0.25, 0.3) is 0 Å². The lowest BCUT2D eigenvalue weighted by Gasteiger charge is -2.14. The smallest absolute Gasteiger partial charge is 0.241 e. The van der Waals surface area contributed by atoms with E-state index < -0.39 is 10.0 Å². The van der Waals surface area contributed by atoms with Crippen LogP contribution in [0.25, 0.3) is 0 Å². The summed E-state index contributed by atoms with van der Waals surface area (Å²) in [6.45, 7) is 0. The highest BCUT2D eigenvalue weighted by Crippen LogP contribution is 2.20. The first-order valence-corrected chi connectivity index (χ1v) is 6.51. The van der Waals surface area contributed by atoms with Crippen molar-refractivity contribution < 1.29 is 8.42 Å². The van der Waals surface area contributed by atoms with Crippen molar-refractivity contribution >= 4 is 15.8 Å². The molecule has 0 amide bonds. The van der Waals surface area contributed by atoms with Gasteiger partial charge >= 0.3 is 0 Å². The van der Waals surface area contributed by atoms with Crippen LogP contribution < -0.4 is 10.5 Å². The van der Waals surface area contributed by atoms with Crippen LogP contribution in [0.2, 0.25) is 0 Å². The number of sulfonamides is 1. The summed E-state index contributed by atoms with van der Waals surface area (Å²) in [6.07, 6.45) is 7.40. The molecule has 0 atom stereocenters. The number of pyridine rings is 1. The van der Waals surface area contributed by atoms with Crippen LogP contribution >= 0.6 is 0 Å². The van der Waals surface area contributed by atoms with E-state index in [1.165, 1.54) is 6.07 Å². The first kappa shape index (κ1) is 11.1. The van der Waals surface area contributed by atoms with E-state index in [2.05, 4.69) is 22.5 Å². The van der Waals surface area contributed by atoms with E-state index in [1.54, 1.807) is 12.3 Å². The Balaban J connectivity index is 2.26. The number of hydrogen-bond acceptors (Lipinski definition) is 4. The number of primary sulfonamides is 1. The topological polar surface area (TPSA) is 85.1 Å². The van der Waals surface area contributed by atoms with Crippen LogP contribution in [-0.2, 0) is 10.0 Å². The van der Waals surface area contributed by atoms with Gasteiger partial charge in [0.05, 0.1) is 0 Å². The highest BCUT2D eigenvalue weighted by molar-refractivity contribution is 7.89. The Hall–Kier alpha value is -1.40. The van der Waals surface area contributed by atoms with Crippen molar-refractivity contribution in [1.82, 2.24) is 4.98 Å². The molecule has 3 N–H and O–H groups in total. The Labute approximate surface area is 94.4 Å². The molecule has 6 heteroatoms. The second-order valence-electron chi connectivity index (χ2n) is 3.68. The second kappa shape index (κ2) is 4.23. The fourth-order valence-corrected chi connectivity index (χ4v) is 2.31. The Morgan fingerprint density at radius 2 is 2.06 bits per heavy atom. The van der Waals surface area contributed by atoms with Gasteiger partial charge in [0.15, 0.2) is 0 Å². The highest BCUT2D eigenvalue weighted by atomic mass is 32.2. The second-order valence-corrected chi connectivity index (χ2v) is 5.21. The number of rotatable bonds is 3. The molecule has 0 radical (unpaired) electrons. The maximum absolute atomic E-state index is 11.3. The van der Waals surface area contributed by atoms with E-state index in [-0.39, 0.29) is 10.9 Å². The molecule has 86 valence electrons. The summed E-state index contributed by atoms with van der Waals surface area (Å²) in [7, 11) is -3.72. The fourth-order valence-electron chi connectivity index (χ4n) is 1.66. The fraction of sp³-hybridized carbons (Fsp3) is 0.300. The molecular formula is C10H13N3O2S. The molecule has 1 aromatic heterocycles. The molecule has 1 heterocycles. The van der Waals surface area contributed by atoms with Crippen molar-refractivity contribution in [2.24, 2.45) is 5.14 Å². The zero-order chi connectivity index (χ0) is 11.6. The quantitative estimate of drug-likeness (QED) is 0.766. The molecule has 16 heavy (non-hydrogen) atoms. The molecule has 0 bridgehead atoms. The van der Waals surface area contributed by atoms with E-state index in [0.29, 0.717) is 5.82 Å². The first-order valence-electron chi connectivity index (χ1n) is 4.97. The summed E-state index contributed by atoms with van der Waals surface area (Å²) in [4.78, 5) is 4.05. The van der Waals surface area contributed by atoms with Gasteiger partial charge in [-0.3, -0.25) is 0 Å². The minimum atomic E-state index is -3.72. The number of aromatic nitrogens is 1. The maximum atomic E-state index is 11.3. The summed E-state index contributed by atoms with van der Waals surface area (Å²) < 4.78 is 22.6. The van der Waals surface area contributed by atoms with Crippen molar-refractivity contribution in [1.29, 1.82) is 0 Å². The Morgan fingerprint density at radius 1 is 1.38 bits per heavy atom. The van der Waals surface area contributed by atoms with Crippen LogP contribution in [0.1, 0.15) is 12.8 Å². The summed E-state index contributed by atoms with van der Waals surface area (Å²) in [5, 5.41) is 8.19. The molecule has 0 saturated heterocycles. The van der Waals surface area contributed by atoms with Gasteiger partial charge in [-0.05, 0) is 25.0 Å². The minimum absolute atomic E-state index is 0.0434. The molecular weight excluding hydrogens is 226 g/mol. The third kappa shape index (κ3) is 2.40. The highest BCUT2D eigenvalue weighted by Gasteiger charge is 2.17. The van der Waals surface area contributed by atoms with E-state index >= 15 is 0 Å². The number of nitrogens with two attached hydrogens (primary N) is 1. The van der Waals surface area contributed by atoms with Gasteiger partial charge in [-0.1, -0.05) is 12.2 Å². The van der Waals surface area contributed by atoms with Gasteiger partial charge in [0, 0.05) is 12.2 Å². The minimum Gasteiger partial charge on any atom is -0.366 e. The standard InChI is InChI=1S/C10H13N3O2S/c11-16(14,15)9-6-3-7-12-10(9)13-8-4-1-2-5-8/h1-3,6-8H,4-5H2,(H,12,13)(H2,11,14,15). The molecule has 0 aromatic carbocycles. The van der Waals surface area contributed by atoms with Crippen LogP contribution in [0.3, 0.4) is 0 Å². The van der Waals surface area contributed by atoms with Crippen molar-refractivity contribution in [3.8, 4) is 0 Å². The lowest BCUT2D eigenvalue weighted by Crippen LogP contribution is -2.21. The van der Waals surface area contributed by atoms with Crippen LogP contribution in [0, 0.1) is 0 Å². The number of anilines is 1. The predicted molar refractivity (Wildman–Crippen MR) is 61.4 cm³/mol. The molecule has 0 unspecified atom stereocenters. The molecule has 0 spiro atoms. The van der Waals surface area contributed by atoms with E-state index in [0.717, 1.165) is 12.8 Å². The van der Waals surface area contributed by atoms with Crippen LogP contribution in [-0.4, -0.2) is 19.4 Å². The Morgan fingerprint density at radius 3 is 2.69 bits per heavy atom. The molecule has 1 aliphatic rings. The molecule has 0 fully saturated rings. The summed E-state index contributed by atoms with van der Waals surface area (Å²) in [6, 6.07) is 3.21. The molecule has 1 aromatic rings. The molecule has 5 nitrogen and oxygen atoms in total.